The van der Waals surface area contributed by atoms with Gasteiger partial charge in [-0.3, -0.25) is 4.98 Å². The van der Waals surface area contributed by atoms with Crippen molar-refractivity contribution in [3.8, 4) is 0 Å². The maximum absolute atomic E-state index is 6.18. The van der Waals surface area contributed by atoms with E-state index in [9.17, 15) is 0 Å². The van der Waals surface area contributed by atoms with Gasteiger partial charge in [-0.1, -0.05) is 24.6 Å². The number of hydrogen-bond acceptors (Lipinski definition) is 1. The SMILES string of the molecule is CCC(Cl)Cc1ccnc2cc(Cl)ccc12. The second-order valence-electron chi connectivity index (χ2n) is 3.84. The minimum atomic E-state index is 0.182. The molecule has 0 spiro atoms. The topological polar surface area (TPSA) is 12.9 Å². The largest absolute Gasteiger partial charge is 0.256 e. The third-order valence-electron chi connectivity index (χ3n) is 2.68. The maximum Gasteiger partial charge on any atom is 0.0719 e. The van der Waals surface area contributed by atoms with E-state index in [1.807, 2.05) is 30.5 Å². The molecule has 1 aromatic carbocycles. The van der Waals surface area contributed by atoms with Gasteiger partial charge in [0.2, 0.25) is 0 Å². The third-order valence-corrected chi connectivity index (χ3v) is 3.38. The summed E-state index contributed by atoms with van der Waals surface area (Å²) in [5.41, 5.74) is 2.17. The summed E-state index contributed by atoms with van der Waals surface area (Å²) < 4.78 is 0. The number of halogens is 2. The number of alkyl halides is 1. The minimum Gasteiger partial charge on any atom is -0.256 e. The standard InChI is InChI=1S/C13H13Cl2N/c1-2-10(14)7-9-5-6-16-13-8-11(15)3-4-12(9)13/h3-6,8,10H,2,7H2,1H3. The van der Waals surface area contributed by atoms with Gasteiger partial charge in [0.1, 0.15) is 0 Å². The van der Waals surface area contributed by atoms with Crippen molar-refractivity contribution in [1.29, 1.82) is 0 Å². The van der Waals surface area contributed by atoms with Crippen LogP contribution in [0.4, 0.5) is 0 Å². The lowest BCUT2D eigenvalue weighted by molar-refractivity contribution is 0.808. The van der Waals surface area contributed by atoms with Crippen molar-refractivity contribution < 1.29 is 0 Å². The highest BCUT2D eigenvalue weighted by molar-refractivity contribution is 6.31. The van der Waals surface area contributed by atoms with Crippen LogP contribution in [0.15, 0.2) is 30.5 Å². The Labute approximate surface area is 105 Å². The van der Waals surface area contributed by atoms with Crippen LogP contribution >= 0.6 is 23.2 Å². The Bertz CT molecular complexity index is 496. The summed E-state index contributed by atoms with van der Waals surface area (Å²) in [5.74, 6) is 0. The molecule has 0 saturated heterocycles. The lowest BCUT2D eigenvalue weighted by Crippen LogP contribution is -2.02. The van der Waals surface area contributed by atoms with Gasteiger partial charge in [-0.15, -0.1) is 11.6 Å². The zero-order valence-electron chi connectivity index (χ0n) is 9.08. The molecule has 0 fully saturated rings. The van der Waals surface area contributed by atoms with E-state index in [0.717, 1.165) is 28.8 Å². The van der Waals surface area contributed by atoms with Crippen LogP contribution in [-0.2, 0) is 6.42 Å². The molecule has 2 aromatic rings. The normalized spacial score (nSPS) is 12.9. The lowest BCUT2D eigenvalue weighted by Gasteiger charge is -2.09. The minimum absolute atomic E-state index is 0.182. The summed E-state index contributed by atoms with van der Waals surface area (Å²) in [6, 6.07) is 7.82. The van der Waals surface area contributed by atoms with Crippen LogP contribution in [0.2, 0.25) is 5.02 Å². The average molecular weight is 254 g/mol. The van der Waals surface area contributed by atoms with Gasteiger partial charge in [-0.25, -0.2) is 0 Å². The molecule has 2 rings (SSSR count). The first kappa shape index (κ1) is 11.7. The molecular weight excluding hydrogens is 241 g/mol. The van der Waals surface area contributed by atoms with Gasteiger partial charge < -0.3 is 0 Å². The zero-order valence-corrected chi connectivity index (χ0v) is 10.6. The highest BCUT2D eigenvalue weighted by atomic mass is 35.5. The van der Waals surface area contributed by atoms with Gasteiger partial charge >= 0.3 is 0 Å². The van der Waals surface area contributed by atoms with E-state index >= 15 is 0 Å². The monoisotopic (exact) mass is 253 g/mol. The summed E-state index contributed by atoms with van der Waals surface area (Å²) in [5, 5.41) is 2.04. The molecule has 0 saturated carbocycles. The Morgan fingerprint density at radius 3 is 2.88 bits per heavy atom. The maximum atomic E-state index is 6.18. The van der Waals surface area contributed by atoms with Crippen LogP contribution in [-0.4, -0.2) is 10.4 Å². The first-order valence-electron chi connectivity index (χ1n) is 5.38. The van der Waals surface area contributed by atoms with Gasteiger partial charge in [-0.2, -0.15) is 0 Å². The molecule has 0 radical (unpaired) electrons. The smallest absolute Gasteiger partial charge is 0.0719 e. The Hall–Kier alpha value is -0.790. The molecule has 1 unspecified atom stereocenters. The fourth-order valence-corrected chi connectivity index (χ4v) is 2.07. The fraction of sp³-hybridized carbons (Fsp3) is 0.308. The van der Waals surface area contributed by atoms with Crippen molar-refractivity contribution in [1.82, 2.24) is 4.98 Å². The number of hydrogen-bond donors (Lipinski definition) is 0. The molecule has 0 N–H and O–H groups in total. The van der Waals surface area contributed by atoms with Crippen molar-refractivity contribution in [3.63, 3.8) is 0 Å². The van der Waals surface area contributed by atoms with E-state index in [0.29, 0.717) is 0 Å². The summed E-state index contributed by atoms with van der Waals surface area (Å²) >= 11 is 12.1. The van der Waals surface area contributed by atoms with E-state index in [1.54, 1.807) is 0 Å². The molecule has 0 aliphatic carbocycles. The molecule has 0 aliphatic heterocycles. The highest BCUT2D eigenvalue weighted by Crippen LogP contribution is 2.23. The summed E-state index contributed by atoms with van der Waals surface area (Å²) in [6.07, 6.45) is 3.66. The second-order valence-corrected chi connectivity index (χ2v) is 4.89. The van der Waals surface area contributed by atoms with Crippen molar-refractivity contribution in [3.05, 3.63) is 41.0 Å². The number of pyridine rings is 1. The molecule has 3 heteroatoms. The first-order valence-corrected chi connectivity index (χ1v) is 6.19. The predicted octanol–water partition coefficient (Wildman–Crippen LogP) is 4.45. The quantitative estimate of drug-likeness (QED) is 0.737. The Kier molecular flexibility index (Phi) is 3.67. The van der Waals surface area contributed by atoms with Crippen molar-refractivity contribution in [2.24, 2.45) is 0 Å². The average Bonchev–Trinajstić information content (AvgIpc) is 2.28. The second kappa shape index (κ2) is 5.03. The third kappa shape index (κ3) is 2.47. The Morgan fingerprint density at radius 1 is 1.31 bits per heavy atom. The molecule has 84 valence electrons. The van der Waals surface area contributed by atoms with E-state index in [2.05, 4.69) is 11.9 Å². The summed E-state index contributed by atoms with van der Waals surface area (Å²) in [6.45, 7) is 2.10. The molecule has 1 atom stereocenters. The number of fused-ring (bicyclic) bond motifs is 1. The Morgan fingerprint density at radius 2 is 2.12 bits per heavy atom. The molecule has 1 heterocycles. The molecule has 1 aromatic heterocycles. The van der Waals surface area contributed by atoms with Gasteiger partial charge in [0, 0.05) is 22.0 Å². The van der Waals surface area contributed by atoms with E-state index in [4.69, 9.17) is 23.2 Å². The van der Waals surface area contributed by atoms with Gasteiger partial charge in [0.25, 0.3) is 0 Å². The highest BCUT2D eigenvalue weighted by Gasteiger charge is 2.07. The number of nitrogens with zero attached hydrogens (tertiary/aromatic N) is 1. The number of benzene rings is 1. The first-order chi connectivity index (χ1) is 7.70. The van der Waals surface area contributed by atoms with Crippen LogP contribution in [0.5, 0.6) is 0 Å². The zero-order chi connectivity index (χ0) is 11.5. The van der Waals surface area contributed by atoms with Crippen LogP contribution < -0.4 is 0 Å². The molecule has 16 heavy (non-hydrogen) atoms. The lowest BCUT2D eigenvalue weighted by atomic mass is 10.0. The van der Waals surface area contributed by atoms with Gasteiger partial charge in [0.15, 0.2) is 0 Å². The molecule has 1 nitrogen and oxygen atoms in total. The van der Waals surface area contributed by atoms with Gasteiger partial charge in [0.05, 0.1) is 5.52 Å². The number of rotatable bonds is 3. The predicted molar refractivity (Wildman–Crippen MR) is 70.4 cm³/mol. The van der Waals surface area contributed by atoms with E-state index in [-0.39, 0.29) is 5.38 Å². The van der Waals surface area contributed by atoms with Gasteiger partial charge in [-0.05, 0) is 36.6 Å². The van der Waals surface area contributed by atoms with Crippen molar-refractivity contribution in [2.45, 2.75) is 25.1 Å². The van der Waals surface area contributed by atoms with Crippen molar-refractivity contribution >= 4 is 34.1 Å². The molecule has 0 aliphatic rings. The van der Waals surface area contributed by atoms with E-state index < -0.39 is 0 Å². The van der Waals surface area contributed by atoms with Crippen molar-refractivity contribution in [2.75, 3.05) is 0 Å². The molecule has 0 amide bonds. The van der Waals surface area contributed by atoms with Crippen LogP contribution in [0.25, 0.3) is 10.9 Å². The molecular formula is C13H13Cl2N. The summed E-state index contributed by atoms with van der Waals surface area (Å²) in [4.78, 5) is 4.31. The Balaban J connectivity index is 2.45. The van der Waals surface area contributed by atoms with E-state index in [1.165, 1.54) is 5.56 Å². The molecule has 0 bridgehead atoms. The van der Waals surface area contributed by atoms with Crippen LogP contribution in [0, 0.1) is 0 Å². The summed E-state index contributed by atoms with van der Waals surface area (Å²) in [7, 11) is 0. The fourth-order valence-electron chi connectivity index (χ4n) is 1.74. The van der Waals surface area contributed by atoms with Crippen LogP contribution in [0.3, 0.4) is 0 Å². The van der Waals surface area contributed by atoms with Crippen LogP contribution in [0.1, 0.15) is 18.9 Å². The number of aromatic nitrogens is 1.